The lowest BCUT2D eigenvalue weighted by Crippen LogP contribution is -2.44. The standard InChI is InChI=1S/C17H17NO8/c1-23-13-8-10(12(18(21)22)9-14(13)24-2)7-11-15(19)25-17(26-16(11)20)5-3-4-6-17/h7-9H,3-6H2,1-2H3. The first-order valence-corrected chi connectivity index (χ1v) is 7.98. The fraction of sp³-hybridized carbons (Fsp3) is 0.412. The second-order valence-electron chi connectivity index (χ2n) is 5.98. The molecule has 2 aliphatic rings. The molecule has 0 N–H and O–H groups in total. The summed E-state index contributed by atoms with van der Waals surface area (Å²) >= 11 is 0. The van der Waals surface area contributed by atoms with Gasteiger partial charge in [0.15, 0.2) is 11.5 Å². The van der Waals surface area contributed by atoms with E-state index in [0.29, 0.717) is 12.8 Å². The van der Waals surface area contributed by atoms with Crippen molar-refractivity contribution in [2.45, 2.75) is 31.5 Å². The van der Waals surface area contributed by atoms with Crippen LogP contribution < -0.4 is 9.47 Å². The molecule has 3 rings (SSSR count). The predicted molar refractivity (Wildman–Crippen MR) is 87.6 cm³/mol. The molecular weight excluding hydrogens is 346 g/mol. The number of ether oxygens (including phenoxy) is 4. The summed E-state index contributed by atoms with van der Waals surface area (Å²) in [4.78, 5) is 35.3. The van der Waals surface area contributed by atoms with Crippen LogP contribution in [0.25, 0.3) is 6.08 Å². The van der Waals surface area contributed by atoms with Crippen molar-refractivity contribution in [3.8, 4) is 11.5 Å². The van der Waals surface area contributed by atoms with Crippen molar-refractivity contribution in [3.05, 3.63) is 33.4 Å². The van der Waals surface area contributed by atoms with Crippen molar-refractivity contribution >= 4 is 23.7 Å². The molecule has 0 aromatic heterocycles. The van der Waals surface area contributed by atoms with Gasteiger partial charge in [-0.3, -0.25) is 10.1 Å². The molecule has 26 heavy (non-hydrogen) atoms. The van der Waals surface area contributed by atoms with E-state index in [0.717, 1.165) is 25.0 Å². The third-order valence-electron chi connectivity index (χ3n) is 4.39. The van der Waals surface area contributed by atoms with Crippen LogP contribution in [0.2, 0.25) is 0 Å². The van der Waals surface area contributed by atoms with Gasteiger partial charge in [0.25, 0.3) is 11.5 Å². The van der Waals surface area contributed by atoms with Crippen molar-refractivity contribution in [2.75, 3.05) is 14.2 Å². The van der Waals surface area contributed by atoms with Crippen molar-refractivity contribution in [2.24, 2.45) is 0 Å². The number of rotatable bonds is 4. The average Bonchev–Trinajstić information content (AvgIpc) is 3.04. The van der Waals surface area contributed by atoms with E-state index in [1.807, 2.05) is 0 Å². The summed E-state index contributed by atoms with van der Waals surface area (Å²) in [5.74, 6) is -2.54. The topological polar surface area (TPSA) is 114 Å². The van der Waals surface area contributed by atoms with Gasteiger partial charge in [-0.1, -0.05) is 0 Å². The summed E-state index contributed by atoms with van der Waals surface area (Å²) in [6.45, 7) is 0. The summed E-state index contributed by atoms with van der Waals surface area (Å²) in [7, 11) is 2.71. The molecule has 0 bridgehead atoms. The number of methoxy groups -OCH3 is 2. The zero-order chi connectivity index (χ0) is 18.9. The molecule has 1 aliphatic heterocycles. The van der Waals surface area contributed by atoms with Gasteiger partial charge in [0.05, 0.1) is 30.8 Å². The maximum atomic E-state index is 12.3. The highest BCUT2D eigenvalue weighted by Gasteiger charge is 2.48. The fourth-order valence-electron chi connectivity index (χ4n) is 3.10. The number of benzene rings is 1. The van der Waals surface area contributed by atoms with Crippen LogP contribution in [0.15, 0.2) is 17.7 Å². The minimum Gasteiger partial charge on any atom is -0.493 e. The Labute approximate surface area is 148 Å². The van der Waals surface area contributed by atoms with Crippen molar-refractivity contribution < 1.29 is 33.5 Å². The molecule has 0 unspecified atom stereocenters. The molecule has 1 spiro atoms. The Balaban J connectivity index is 2.02. The normalized spacial score (nSPS) is 18.3. The molecule has 1 saturated carbocycles. The smallest absolute Gasteiger partial charge is 0.348 e. The van der Waals surface area contributed by atoms with E-state index in [-0.39, 0.29) is 22.7 Å². The Morgan fingerprint density at radius 3 is 2.12 bits per heavy atom. The van der Waals surface area contributed by atoms with E-state index in [9.17, 15) is 19.7 Å². The first-order valence-electron chi connectivity index (χ1n) is 7.98. The SMILES string of the molecule is COc1cc(C=C2C(=O)OC3(CCCC3)OC2=O)c([N+](=O)[O-])cc1OC. The highest BCUT2D eigenvalue weighted by Crippen LogP contribution is 2.40. The van der Waals surface area contributed by atoms with Crippen LogP contribution in [0, 0.1) is 10.1 Å². The number of nitro groups is 1. The van der Waals surface area contributed by atoms with E-state index in [2.05, 4.69) is 0 Å². The highest BCUT2D eigenvalue weighted by molar-refractivity contribution is 6.19. The monoisotopic (exact) mass is 363 g/mol. The van der Waals surface area contributed by atoms with Crippen molar-refractivity contribution in [1.29, 1.82) is 0 Å². The second-order valence-corrected chi connectivity index (χ2v) is 5.98. The maximum absolute atomic E-state index is 12.3. The Hall–Kier alpha value is -3.10. The first-order chi connectivity index (χ1) is 12.4. The van der Waals surface area contributed by atoms with E-state index in [1.54, 1.807) is 0 Å². The van der Waals surface area contributed by atoms with Crippen LogP contribution >= 0.6 is 0 Å². The second kappa shape index (κ2) is 6.66. The third kappa shape index (κ3) is 3.07. The van der Waals surface area contributed by atoms with Crippen LogP contribution in [0.5, 0.6) is 11.5 Å². The van der Waals surface area contributed by atoms with Gasteiger partial charge in [-0.25, -0.2) is 9.59 Å². The third-order valence-corrected chi connectivity index (χ3v) is 4.39. The van der Waals surface area contributed by atoms with Crippen LogP contribution in [0.1, 0.15) is 31.2 Å². The molecule has 1 saturated heterocycles. The Morgan fingerprint density at radius 2 is 1.62 bits per heavy atom. The molecule has 1 aromatic carbocycles. The average molecular weight is 363 g/mol. The predicted octanol–water partition coefficient (Wildman–Crippen LogP) is 2.37. The van der Waals surface area contributed by atoms with Gasteiger partial charge in [-0.05, 0) is 25.0 Å². The van der Waals surface area contributed by atoms with E-state index in [1.165, 1.54) is 20.3 Å². The molecular formula is C17H17NO8. The molecule has 0 atom stereocenters. The maximum Gasteiger partial charge on any atom is 0.348 e. The molecule has 1 heterocycles. The Kier molecular flexibility index (Phi) is 4.54. The van der Waals surface area contributed by atoms with Crippen LogP contribution in [-0.4, -0.2) is 36.9 Å². The van der Waals surface area contributed by atoms with Crippen LogP contribution in [0.3, 0.4) is 0 Å². The minimum atomic E-state index is -1.20. The summed E-state index contributed by atoms with van der Waals surface area (Å²) in [5, 5.41) is 11.3. The number of esters is 2. The molecule has 0 radical (unpaired) electrons. The molecule has 9 heteroatoms. The van der Waals surface area contributed by atoms with Gasteiger partial charge in [0, 0.05) is 12.8 Å². The van der Waals surface area contributed by atoms with Gasteiger partial charge < -0.3 is 18.9 Å². The molecule has 1 aliphatic carbocycles. The quantitative estimate of drug-likeness (QED) is 0.263. The lowest BCUT2D eigenvalue weighted by Gasteiger charge is -2.32. The zero-order valence-electron chi connectivity index (χ0n) is 14.3. The van der Waals surface area contributed by atoms with E-state index >= 15 is 0 Å². The van der Waals surface area contributed by atoms with E-state index in [4.69, 9.17) is 18.9 Å². The zero-order valence-corrected chi connectivity index (χ0v) is 14.3. The molecule has 0 amide bonds. The van der Waals surface area contributed by atoms with Gasteiger partial charge in [-0.2, -0.15) is 0 Å². The summed E-state index contributed by atoms with van der Waals surface area (Å²) in [5.41, 5.74) is -0.756. The van der Waals surface area contributed by atoms with Crippen molar-refractivity contribution in [3.63, 3.8) is 0 Å². The van der Waals surface area contributed by atoms with Gasteiger partial charge in [-0.15, -0.1) is 0 Å². The number of hydrogen-bond acceptors (Lipinski definition) is 8. The first kappa shape index (κ1) is 17.7. The van der Waals surface area contributed by atoms with Crippen molar-refractivity contribution in [1.82, 2.24) is 0 Å². The molecule has 9 nitrogen and oxygen atoms in total. The van der Waals surface area contributed by atoms with Crippen LogP contribution in [0.4, 0.5) is 5.69 Å². The summed E-state index contributed by atoms with van der Waals surface area (Å²) in [6.07, 6.45) is 3.57. The van der Waals surface area contributed by atoms with E-state index < -0.39 is 28.2 Å². The molecule has 138 valence electrons. The number of hydrogen-bond donors (Lipinski definition) is 0. The van der Waals surface area contributed by atoms with Gasteiger partial charge in [0.2, 0.25) is 0 Å². The Bertz CT molecular complexity index is 785. The largest absolute Gasteiger partial charge is 0.493 e. The molecule has 2 fully saturated rings. The summed E-state index contributed by atoms with van der Waals surface area (Å²) < 4.78 is 20.8. The molecule has 1 aromatic rings. The number of carbonyl (C=O) groups is 2. The van der Waals surface area contributed by atoms with Gasteiger partial charge >= 0.3 is 11.9 Å². The Morgan fingerprint density at radius 1 is 1.08 bits per heavy atom. The number of carbonyl (C=O) groups excluding carboxylic acids is 2. The lowest BCUT2D eigenvalue weighted by molar-refractivity contribution is -0.385. The fourth-order valence-corrected chi connectivity index (χ4v) is 3.10. The van der Waals surface area contributed by atoms with Crippen LogP contribution in [-0.2, 0) is 19.1 Å². The minimum absolute atomic E-state index is 0.000998. The number of nitrogens with zero attached hydrogens (tertiary/aromatic N) is 1. The number of nitro benzene ring substituents is 1. The highest BCUT2D eigenvalue weighted by atomic mass is 16.7. The lowest BCUT2D eigenvalue weighted by atomic mass is 10.1. The van der Waals surface area contributed by atoms with Gasteiger partial charge in [0.1, 0.15) is 5.57 Å². The summed E-state index contributed by atoms with van der Waals surface area (Å²) in [6, 6.07) is 2.47.